The van der Waals surface area contributed by atoms with Gasteiger partial charge in [-0.05, 0) is 45.0 Å². The van der Waals surface area contributed by atoms with Crippen LogP contribution in [-0.2, 0) is 0 Å². The molecule has 0 saturated carbocycles. The van der Waals surface area contributed by atoms with E-state index in [9.17, 15) is 9.59 Å². The Balaban J connectivity index is 1.67. The van der Waals surface area contributed by atoms with Crippen molar-refractivity contribution in [3.63, 3.8) is 0 Å². The minimum absolute atomic E-state index is 0.306. The summed E-state index contributed by atoms with van der Waals surface area (Å²) in [5.41, 5.74) is 2.89. The van der Waals surface area contributed by atoms with E-state index in [0.29, 0.717) is 39.4 Å². The molecule has 0 bridgehead atoms. The van der Waals surface area contributed by atoms with Gasteiger partial charge in [-0.25, -0.2) is 9.78 Å². The van der Waals surface area contributed by atoms with Gasteiger partial charge in [0.2, 0.25) is 0 Å². The number of carbonyl (C=O) groups excluding carboxylic acids is 2. The normalized spacial score (nSPS) is 10.3. The third-order valence-electron chi connectivity index (χ3n) is 3.97. The van der Waals surface area contributed by atoms with E-state index >= 15 is 0 Å². The first-order chi connectivity index (χ1) is 14.0. The number of rotatable bonds is 6. The maximum absolute atomic E-state index is 12.7. The number of hydrogen-bond acceptors (Lipinski definition) is 5. The molecule has 1 heterocycles. The van der Waals surface area contributed by atoms with Crippen LogP contribution in [-0.4, -0.2) is 23.5 Å². The van der Waals surface area contributed by atoms with Crippen LogP contribution >= 0.6 is 11.3 Å². The van der Waals surface area contributed by atoms with Gasteiger partial charge in [0.05, 0.1) is 18.0 Å². The Morgan fingerprint density at radius 2 is 1.72 bits per heavy atom. The number of nitrogens with one attached hydrogen (secondary N) is 3. The Labute approximate surface area is 173 Å². The molecule has 150 valence electrons. The lowest BCUT2D eigenvalue weighted by Gasteiger charge is -2.10. The zero-order valence-corrected chi connectivity index (χ0v) is 17.2. The smallest absolute Gasteiger partial charge is 0.325 e. The van der Waals surface area contributed by atoms with Crippen molar-refractivity contribution >= 4 is 39.8 Å². The number of urea groups is 1. The molecule has 0 unspecified atom stereocenters. The lowest BCUT2D eigenvalue weighted by atomic mass is 10.2. The SMILES string of the molecule is CCOc1ccccc1NC(=O)c1sc(NC(=O)Nc2ccc(C)cc2)nc1C. The zero-order valence-electron chi connectivity index (χ0n) is 16.4. The number of thiazole rings is 1. The number of benzene rings is 2. The Morgan fingerprint density at radius 3 is 2.45 bits per heavy atom. The minimum Gasteiger partial charge on any atom is -0.492 e. The Morgan fingerprint density at radius 1 is 1.00 bits per heavy atom. The zero-order chi connectivity index (χ0) is 20.8. The predicted octanol–water partition coefficient (Wildman–Crippen LogP) is 5.05. The highest BCUT2D eigenvalue weighted by molar-refractivity contribution is 7.17. The molecule has 0 saturated heterocycles. The Bertz CT molecular complexity index is 1020. The van der Waals surface area contributed by atoms with Gasteiger partial charge < -0.3 is 15.4 Å². The second-order valence-corrected chi connectivity index (χ2v) is 7.26. The summed E-state index contributed by atoms with van der Waals surface area (Å²) in [7, 11) is 0. The number of anilines is 3. The van der Waals surface area contributed by atoms with Crippen molar-refractivity contribution in [2.75, 3.05) is 22.6 Å². The number of aromatic nitrogens is 1. The van der Waals surface area contributed by atoms with Crippen LogP contribution in [0.3, 0.4) is 0 Å². The van der Waals surface area contributed by atoms with Crippen LogP contribution in [0.4, 0.5) is 21.3 Å². The van der Waals surface area contributed by atoms with Crippen LogP contribution < -0.4 is 20.7 Å². The predicted molar refractivity (Wildman–Crippen MR) is 116 cm³/mol. The summed E-state index contributed by atoms with van der Waals surface area (Å²) < 4.78 is 5.53. The lowest BCUT2D eigenvalue weighted by molar-refractivity contribution is 0.102. The molecule has 0 atom stereocenters. The summed E-state index contributed by atoms with van der Waals surface area (Å²) in [6.07, 6.45) is 0. The van der Waals surface area contributed by atoms with Crippen LogP contribution in [0.25, 0.3) is 0 Å². The minimum atomic E-state index is -0.420. The molecule has 0 aliphatic rings. The molecule has 3 amide bonds. The number of hydrogen-bond donors (Lipinski definition) is 3. The largest absolute Gasteiger partial charge is 0.492 e. The van der Waals surface area contributed by atoms with E-state index in [2.05, 4.69) is 20.9 Å². The molecule has 3 N–H and O–H groups in total. The molecule has 0 aliphatic carbocycles. The van der Waals surface area contributed by atoms with Crippen molar-refractivity contribution in [2.24, 2.45) is 0 Å². The molecule has 0 fully saturated rings. The van der Waals surface area contributed by atoms with Gasteiger partial charge in [-0.2, -0.15) is 0 Å². The van der Waals surface area contributed by atoms with Crippen molar-refractivity contribution in [1.82, 2.24) is 4.98 Å². The van der Waals surface area contributed by atoms with Crippen molar-refractivity contribution in [3.05, 3.63) is 64.7 Å². The van der Waals surface area contributed by atoms with Gasteiger partial charge in [-0.15, -0.1) is 0 Å². The molecule has 3 rings (SSSR count). The highest BCUT2D eigenvalue weighted by Crippen LogP contribution is 2.27. The maximum Gasteiger partial charge on any atom is 0.325 e. The fourth-order valence-corrected chi connectivity index (χ4v) is 3.44. The molecule has 2 aromatic carbocycles. The van der Waals surface area contributed by atoms with Gasteiger partial charge in [0.15, 0.2) is 5.13 Å². The van der Waals surface area contributed by atoms with Gasteiger partial charge in [0.1, 0.15) is 10.6 Å². The molecule has 29 heavy (non-hydrogen) atoms. The third-order valence-corrected chi connectivity index (χ3v) is 5.04. The second-order valence-electron chi connectivity index (χ2n) is 6.26. The average molecular weight is 410 g/mol. The topological polar surface area (TPSA) is 92.4 Å². The first-order valence-corrected chi connectivity index (χ1v) is 9.93. The van der Waals surface area contributed by atoms with Gasteiger partial charge in [0, 0.05) is 5.69 Å². The maximum atomic E-state index is 12.7. The number of carbonyl (C=O) groups is 2. The number of ether oxygens (including phenoxy) is 1. The van der Waals surface area contributed by atoms with Crippen molar-refractivity contribution < 1.29 is 14.3 Å². The Hall–Kier alpha value is -3.39. The van der Waals surface area contributed by atoms with Gasteiger partial charge in [-0.1, -0.05) is 41.2 Å². The molecule has 7 nitrogen and oxygen atoms in total. The standard InChI is InChI=1S/C21H22N4O3S/c1-4-28-17-8-6-5-7-16(17)24-19(26)18-14(3)22-21(29-18)25-20(27)23-15-11-9-13(2)10-12-15/h5-12H,4H2,1-3H3,(H,24,26)(H2,22,23,25,27). The lowest BCUT2D eigenvalue weighted by Crippen LogP contribution is -2.19. The molecule has 8 heteroatoms. The van der Waals surface area contributed by atoms with Gasteiger partial charge >= 0.3 is 6.03 Å². The Kier molecular flexibility index (Phi) is 6.46. The number of aryl methyl sites for hydroxylation is 2. The van der Waals surface area contributed by atoms with Crippen molar-refractivity contribution in [3.8, 4) is 5.75 Å². The molecule has 3 aromatic rings. The van der Waals surface area contributed by atoms with Gasteiger partial charge in [-0.3, -0.25) is 10.1 Å². The average Bonchev–Trinajstić information content (AvgIpc) is 3.05. The van der Waals surface area contributed by atoms with Crippen LogP contribution in [0.1, 0.15) is 27.9 Å². The summed E-state index contributed by atoms with van der Waals surface area (Å²) in [6, 6.07) is 14.3. The first-order valence-electron chi connectivity index (χ1n) is 9.11. The van der Waals surface area contributed by atoms with E-state index in [1.165, 1.54) is 0 Å². The van der Waals surface area contributed by atoms with E-state index in [1.807, 2.05) is 50.2 Å². The molecule has 0 aliphatic heterocycles. The van der Waals surface area contributed by atoms with Crippen molar-refractivity contribution in [1.29, 1.82) is 0 Å². The van der Waals surface area contributed by atoms with Crippen LogP contribution in [0.2, 0.25) is 0 Å². The van der Waals surface area contributed by atoms with Gasteiger partial charge in [0.25, 0.3) is 5.91 Å². The summed E-state index contributed by atoms with van der Waals surface area (Å²) in [6.45, 7) is 6.08. The van der Waals surface area contributed by atoms with E-state index in [-0.39, 0.29) is 5.91 Å². The van der Waals surface area contributed by atoms with E-state index in [4.69, 9.17) is 4.74 Å². The molecular weight excluding hydrogens is 388 g/mol. The van der Waals surface area contributed by atoms with Crippen LogP contribution in [0, 0.1) is 13.8 Å². The van der Waals surface area contributed by atoms with E-state index in [0.717, 1.165) is 16.9 Å². The fourth-order valence-electron chi connectivity index (χ4n) is 2.59. The molecule has 1 aromatic heterocycles. The monoisotopic (exact) mass is 410 g/mol. The molecule has 0 radical (unpaired) electrons. The summed E-state index contributed by atoms with van der Waals surface area (Å²) >= 11 is 1.11. The second kappa shape index (κ2) is 9.20. The molecular formula is C21H22N4O3S. The summed E-state index contributed by atoms with van der Waals surface area (Å²) in [5.74, 6) is 0.292. The highest BCUT2D eigenvalue weighted by Gasteiger charge is 2.18. The quantitative estimate of drug-likeness (QED) is 0.530. The van der Waals surface area contributed by atoms with Crippen LogP contribution in [0.15, 0.2) is 48.5 Å². The van der Waals surface area contributed by atoms with Crippen molar-refractivity contribution in [2.45, 2.75) is 20.8 Å². The first kappa shape index (κ1) is 20.3. The highest BCUT2D eigenvalue weighted by atomic mass is 32.1. The summed E-state index contributed by atoms with van der Waals surface area (Å²) in [4.78, 5) is 29.6. The number of para-hydroxylation sites is 2. The van der Waals surface area contributed by atoms with E-state index < -0.39 is 6.03 Å². The van der Waals surface area contributed by atoms with Crippen LogP contribution in [0.5, 0.6) is 5.75 Å². The fraction of sp³-hybridized carbons (Fsp3) is 0.190. The summed E-state index contributed by atoms with van der Waals surface area (Å²) in [5, 5.41) is 8.59. The van der Waals surface area contributed by atoms with E-state index in [1.54, 1.807) is 19.1 Å². The number of amides is 3. The third kappa shape index (κ3) is 5.32. The molecule has 0 spiro atoms. The number of nitrogens with zero attached hydrogens (tertiary/aromatic N) is 1.